The predicted octanol–water partition coefficient (Wildman–Crippen LogP) is 0.340. The zero-order valence-corrected chi connectivity index (χ0v) is 8.34. The van der Waals surface area contributed by atoms with Crippen LogP contribution in [-0.2, 0) is 6.54 Å². The van der Waals surface area contributed by atoms with Gasteiger partial charge in [-0.15, -0.1) is 0 Å². The van der Waals surface area contributed by atoms with Gasteiger partial charge in [-0.25, -0.2) is 4.98 Å². The molecule has 0 radical (unpaired) electrons. The number of imidazole rings is 1. The first-order valence-corrected chi connectivity index (χ1v) is 5.21. The summed E-state index contributed by atoms with van der Waals surface area (Å²) in [4.78, 5) is 6.31. The first kappa shape index (κ1) is 9.68. The lowest BCUT2D eigenvalue weighted by Gasteiger charge is -2.29. The van der Waals surface area contributed by atoms with Gasteiger partial charge in [-0.3, -0.25) is 4.90 Å². The molecular weight excluding hydrogens is 178 g/mol. The van der Waals surface area contributed by atoms with Gasteiger partial charge in [-0.1, -0.05) is 0 Å². The van der Waals surface area contributed by atoms with Gasteiger partial charge < -0.3 is 9.67 Å². The highest BCUT2D eigenvalue weighted by atomic mass is 16.3. The molecule has 1 N–H and O–H groups in total. The van der Waals surface area contributed by atoms with Crippen LogP contribution in [0.5, 0.6) is 0 Å². The van der Waals surface area contributed by atoms with Crippen LogP contribution in [-0.4, -0.2) is 45.3 Å². The molecule has 0 spiro atoms. The zero-order chi connectivity index (χ0) is 9.80. The lowest BCUT2D eigenvalue weighted by molar-refractivity contribution is 0.0689. The zero-order valence-electron chi connectivity index (χ0n) is 8.34. The quantitative estimate of drug-likeness (QED) is 0.756. The van der Waals surface area contributed by atoms with E-state index in [0.29, 0.717) is 0 Å². The first-order chi connectivity index (χ1) is 6.84. The highest BCUT2D eigenvalue weighted by Crippen LogP contribution is 2.09. The summed E-state index contributed by atoms with van der Waals surface area (Å²) in [5.74, 6) is 0. The largest absolute Gasteiger partial charge is 0.392 e. The van der Waals surface area contributed by atoms with Crippen LogP contribution in [0.4, 0.5) is 0 Å². The predicted molar refractivity (Wildman–Crippen MR) is 53.9 cm³/mol. The van der Waals surface area contributed by atoms with Crippen LogP contribution < -0.4 is 0 Å². The molecule has 2 rings (SSSR count). The van der Waals surface area contributed by atoms with Crippen molar-refractivity contribution in [1.29, 1.82) is 0 Å². The highest BCUT2D eigenvalue weighted by molar-refractivity contribution is 4.76. The minimum absolute atomic E-state index is 0.119. The average molecular weight is 195 g/mol. The number of aliphatic hydroxyl groups is 1. The Balaban J connectivity index is 1.75. The maximum absolute atomic E-state index is 9.48. The topological polar surface area (TPSA) is 41.3 Å². The molecule has 1 unspecified atom stereocenters. The summed E-state index contributed by atoms with van der Waals surface area (Å²) < 4.78 is 2.07. The molecule has 1 aliphatic rings. The molecule has 0 amide bonds. The van der Waals surface area contributed by atoms with Crippen LogP contribution in [0.3, 0.4) is 0 Å². The van der Waals surface area contributed by atoms with Gasteiger partial charge in [0.2, 0.25) is 0 Å². The van der Waals surface area contributed by atoms with Gasteiger partial charge in [-0.2, -0.15) is 0 Å². The van der Waals surface area contributed by atoms with Crippen molar-refractivity contribution in [2.75, 3.05) is 19.6 Å². The Morgan fingerprint density at radius 1 is 1.43 bits per heavy atom. The number of nitrogens with zero attached hydrogens (tertiary/aromatic N) is 3. The first-order valence-electron chi connectivity index (χ1n) is 5.21. The monoisotopic (exact) mass is 195 g/mol. The van der Waals surface area contributed by atoms with Crippen LogP contribution in [0.25, 0.3) is 0 Å². The van der Waals surface area contributed by atoms with Crippen LogP contribution in [0.1, 0.15) is 12.8 Å². The van der Waals surface area contributed by atoms with Crippen LogP contribution in [0, 0.1) is 0 Å². The number of rotatable bonds is 3. The Labute approximate surface area is 84.2 Å². The second kappa shape index (κ2) is 4.57. The van der Waals surface area contributed by atoms with Gasteiger partial charge in [0.15, 0.2) is 0 Å². The molecule has 1 saturated heterocycles. The number of likely N-dealkylation sites (tertiary alicyclic amines) is 1. The van der Waals surface area contributed by atoms with E-state index in [2.05, 4.69) is 14.5 Å². The average Bonchev–Trinajstić information content (AvgIpc) is 2.67. The standard InChI is InChI=1S/C10H17N3O/c14-10-2-1-4-12(8-10)6-7-13-5-3-11-9-13/h3,5,9-10,14H,1-2,4,6-8H2. The van der Waals surface area contributed by atoms with Gasteiger partial charge in [0, 0.05) is 32.0 Å². The summed E-state index contributed by atoms with van der Waals surface area (Å²) in [5, 5.41) is 9.48. The maximum atomic E-state index is 9.48. The lowest BCUT2D eigenvalue weighted by atomic mass is 10.1. The molecule has 78 valence electrons. The molecule has 0 bridgehead atoms. The summed E-state index contributed by atoms with van der Waals surface area (Å²) >= 11 is 0. The molecule has 4 heteroatoms. The van der Waals surface area contributed by atoms with Gasteiger partial charge >= 0.3 is 0 Å². The van der Waals surface area contributed by atoms with Crippen LogP contribution in [0.15, 0.2) is 18.7 Å². The van der Waals surface area contributed by atoms with Crippen molar-refractivity contribution in [3.63, 3.8) is 0 Å². The van der Waals surface area contributed by atoms with E-state index in [9.17, 15) is 5.11 Å². The van der Waals surface area contributed by atoms with E-state index < -0.39 is 0 Å². The van der Waals surface area contributed by atoms with Gasteiger partial charge in [0.05, 0.1) is 12.4 Å². The summed E-state index contributed by atoms with van der Waals surface area (Å²) in [5.41, 5.74) is 0. The fourth-order valence-corrected chi connectivity index (χ4v) is 1.91. The van der Waals surface area contributed by atoms with Crippen LogP contribution >= 0.6 is 0 Å². The number of piperidine rings is 1. The fourth-order valence-electron chi connectivity index (χ4n) is 1.91. The Morgan fingerprint density at radius 3 is 3.07 bits per heavy atom. The Morgan fingerprint density at radius 2 is 2.36 bits per heavy atom. The Kier molecular flexibility index (Phi) is 3.16. The molecule has 1 atom stereocenters. The molecule has 1 aromatic rings. The third-order valence-electron chi connectivity index (χ3n) is 2.71. The molecule has 14 heavy (non-hydrogen) atoms. The van der Waals surface area contributed by atoms with E-state index in [4.69, 9.17) is 0 Å². The molecule has 0 aliphatic carbocycles. The fraction of sp³-hybridized carbons (Fsp3) is 0.700. The van der Waals surface area contributed by atoms with E-state index >= 15 is 0 Å². The van der Waals surface area contributed by atoms with Crippen LogP contribution in [0.2, 0.25) is 0 Å². The van der Waals surface area contributed by atoms with Gasteiger partial charge in [0.25, 0.3) is 0 Å². The minimum atomic E-state index is -0.119. The van der Waals surface area contributed by atoms with E-state index in [-0.39, 0.29) is 6.10 Å². The maximum Gasteiger partial charge on any atom is 0.0946 e. The summed E-state index contributed by atoms with van der Waals surface area (Å²) in [6, 6.07) is 0. The summed E-state index contributed by atoms with van der Waals surface area (Å²) in [7, 11) is 0. The highest BCUT2D eigenvalue weighted by Gasteiger charge is 2.16. The number of aromatic nitrogens is 2. The number of hydrogen-bond donors (Lipinski definition) is 1. The van der Waals surface area contributed by atoms with Crippen molar-refractivity contribution < 1.29 is 5.11 Å². The number of hydrogen-bond acceptors (Lipinski definition) is 3. The van der Waals surface area contributed by atoms with Crippen molar-refractivity contribution in [2.45, 2.75) is 25.5 Å². The molecular formula is C10H17N3O. The molecule has 1 fully saturated rings. The third kappa shape index (κ3) is 2.56. The summed E-state index contributed by atoms with van der Waals surface area (Å²) in [6.45, 7) is 3.92. The van der Waals surface area contributed by atoms with E-state index in [1.54, 1.807) is 6.20 Å². The van der Waals surface area contributed by atoms with Crippen molar-refractivity contribution in [1.82, 2.24) is 14.5 Å². The Hall–Kier alpha value is -0.870. The SMILES string of the molecule is OC1CCCN(CCn2ccnc2)C1. The molecule has 0 saturated carbocycles. The third-order valence-corrected chi connectivity index (χ3v) is 2.71. The smallest absolute Gasteiger partial charge is 0.0946 e. The molecule has 2 heterocycles. The van der Waals surface area contributed by atoms with E-state index in [0.717, 1.165) is 39.0 Å². The van der Waals surface area contributed by atoms with Crippen molar-refractivity contribution in [2.24, 2.45) is 0 Å². The van der Waals surface area contributed by atoms with E-state index in [1.807, 2.05) is 12.5 Å². The second-order valence-corrected chi connectivity index (χ2v) is 3.90. The lowest BCUT2D eigenvalue weighted by Crippen LogP contribution is -2.39. The minimum Gasteiger partial charge on any atom is -0.392 e. The normalized spacial score (nSPS) is 23.9. The van der Waals surface area contributed by atoms with Crippen molar-refractivity contribution >= 4 is 0 Å². The van der Waals surface area contributed by atoms with Crippen molar-refractivity contribution in [3.8, 4) is 0 Å². The van der Waals surface area contributed by atoms with E-state index in [1.165, 1.54) is 0 Å². The molecule has 4 nitrogen and oxygen atoms in total. The second-order valence-electron chi connectivity index (χ2n) is 3.90. The molecule has 1 aromatic heterocycles. The number of β-amino-alcohol motifs (C(OH)–C–C–N with tert-alkyl or cyclic N) is 1. The van der Waals surface area contributed by atoms with Gasteiger partial charge in [-0.05, 0) is 19.4 Å². The van der Waals surface area contributed by atoms with Gasteiger partial charge in [0.1, 0.15) is 0 Å². The van der Waals surface area contributed by atoms with Crippen molar-refractivity contribution in [3.05, 3.63) is 18.7 Å². The Bertz CT molecular complexity index is 260. The molecule has 1 aliphatic heterocycles. The molecule has 0 aromatic carbocycles. The summed E-state index contributed by atoms with van der Waals surface area (Å²) in [6.07, 6.45) is 7.56. The number of aliphatic hydroxyl groups excluding tert-OH is 1.